The number of nitrogens with two attached hydrogens (primary N) is 1. The van der Waals surface area contributed by atoms with E-state index in [9.17, 15) is 0 Å². The maximum Gasteiger partial charge on any atom is 0.112 e. The van der Waals surface area contributed by atoms with Crippen molar-refractivity contribution in [3.63, 3.8) is 0 Å². The number of hydrogen-bond acceptors (Lipinski definition) is 3. The van der Waals surface area contributed by atoms with E-state index in [0.29, 0.717) is 5.92 Å². The van der Waals surface area contributed by atoms with E-state index >= 15 is 0 Å². The summed E-state index contributed by atoms with van der Waals surface area (Å²) in [6, 6.07) is 2.03. The van der Waals surface area contributed by atoms with E-state index in [1.54, 1.807) is 0 Å². The SMILES string of the molecule is CCn1c(C(C)CCCN)nc2cnccc21. The lowest BCUT2D eigenvalue weighted by Crippen LogP contribution is -2.08. The first kappa shape index (κ1) is 12.0. The van der Waals surface area contributed by atoms with Gasteiger partial charge in [0.1, 0.15) is 11.3 Å². The van der Waals surface area contributed by atoms with Crippen molar-refractivity contribution in [2.24, 2.45) is 5.73 Å². The molecule has 2 N–H and O–H groups in total. The normalized spacial score (nSPS) is 13.1. The molecule has 4 heteroatoms. The molecule has 2 aromatic rings. The van der Waals surface area contributed by atoms with E-state index in [1.807, 2.05) is 18.5 Å². The number of pyridine rings is 1. The van der Waals surface area contributed by atoms with Gasteiger partial charge in [0.05, 0.1) is 11.7 Å². The van der Waals surface area contributed by atoms with Gasteiger partial charge in [-0.05, 0) is 32.4 Å². The Labute approximate surface area is 102 Å². The molecule has 0 radical (unpaired) electrons. The summed E-state index contributed by atoms with van der Waals surface area (Å²) in [5.74, 6) is 1.61. The minimum absolute atomic E-state index is 0.450. The van der Waals surface area contributed by atoms with Gasteiger partial charge in [0.25, 0.3) is 0 Å². The number of aromatic nitrogens is 3. The molecule has 1 atom stereocenters. The molecule has 0 aliphatic rings. The van der Waals surface area contributed by atoms with E-state index in [-0.39, 0.29) is 0 Å². The molecule has 17 heavy (non-hydrogen) atoms. The largest absolute Gasteiger partial charge is 0.330 e. The molecule has 0 saturated carbocycles. The van der Waals surface area contributed by atoms with Gasteiger partial charge < -0.3 is 10.3 Å². The van der Waals surface area contributed by atoms with Crippen LogP contribution >= 0.6 is 0 Å². The van der Waals surface area contributed by atoms with Crippen molar-refractivity contribution in [2.75, 3.05) is 6.54 Å². The van der Waals surface area contributed by atoms with Gasteiger partial charge in [-0.2, -0.15) is 0 Å². The second-order valence-electron chi connectivity index (χ2n) is 4.41. The molecule has 0 saturated heterocycles. The first-order chi connectivity index (χ1) is 8.27. The van der Waals surface area contributed by atoms with Gasteiger partial charge in [0, 0.05) is 18.7 Å². The van der Waals surface area contributed by atoms with Crippen LogP contribution in [0.2, 0.25) is 0 Å². The smallest absolute Gasteiger partial charge is 0.112 e. The van der Waals surface area contributed by atoms with Crippen molar-refractivity contribution in [3.8, 4) is 0 Å². The van der Waals surface area contributed by atoms with E-state index < -0.39 is 0 Å². The fourth-order valence-electron chi connectivity index (χ4n) is 2.26. The maximum absolute atomic E-state index is 5.56. The molecule has 92 valence electrons. The van der Waals surface area contributed by atoms with Crippen LogP contribution in [0.1, 0.15) is 38.4 Å². The van der Waals surface area contributed by atoms with Gasteiger partial charge in [0.15, 0.2) is 0 Å². The first-order valence-corrected chi connectivity index (χ1v) is 6.28. The Kier molecular flexibility index (Phi) is 3.74. The summed E-state index contributed by atoms with van der Waals surface area (Å²) < 4.78 is 2.28. The third kappa shape index (κ3) is 2.31. The molecular formula is C13H20N4. The van der Waals surface area contributed by atoms with Crippen LogP contribution in [0.15, 0.2) is 18.5 Å². The summed E-state index contributed by atoms with van der Waals surface area (Å²) in [7, 11) is 0. The van der Waals surface area contributed by atoms with Crippen LogP contribution in [0.5, 0.6) is 0 Å². The molecule has 0 aromatic carbocycles. The monoisotopic (exact) mass is 232 g/mol. The molecule has 0 aliphatic carbocycles. The quantitative estimate of drug-likeness (QED) is 0.860. The summed E-state index contributed by atoms with van der Waals surface area (Å²) >= 11 is 0. The first-order valence-electron chi connectivity index (χ1n) is 6.28. The third-order valence-electron chi connectivity index (χ3n) is 3.18. The van der Waals surface area contributed by atoms with Gasteiger partial charge in [-0.1, -0.05) is 6.92 Å². The van der Waals surface area contributed by atoms with Crippen molar-refractivity contribution in [2.45, 2.75) is 39.2 Å². The van der Waals surface area contributed by atoms with Crippen molar-refractivity contribution in [1.82, 2.24) is 14.5 Å². The van der Waals surface area contributed by atoms with Gasteiger partial charge in [-0.3, -0.25) is 4.98 Å². The number of rotatable bonds is 5. The Morgan fingerprint density at radius 1 is 1.47 bits per heavy atom. The van der Waals surface area contributed by atoms with Crippen LogP contribution in [0, 0.1) is 0 Å². The molecule has 2 rings (SSSR count). The highest BCUT2D eigenvalue weighted by Crippen LogP contribution is 2.24. The fourth-order valence-corrected chi connectivity index (χ4v) is 2.26. The van der Waals surface area contributed by atoms with Crippen LogP contribution in [-0.2, 0) is 6.54 Å². The second-order valence-corrected chi connectivity index (χ2v) is 4.41. The summed E-state index contributed by atoms with van der Waals surface area (Å²) in [6.45, 7) is 6.07. The molecule has 0 spiro atoms. The van der Waals surface area contributed by atoms with E-state index in [1.165, 1.54) is 5.52 Å². The number of hydrogen-bond donors (Lipinski definition) is 1. The van der Waals surface area contributed by atoms with Gasteiger partial charge >= 0.3 is 0 Å². The van der Waals surface area contributed by atoms with Crippen molar-refractivity contribution in [3.05, 3.63) is 24.3 Å². The molecule has 0 amide bonds. The van der Waals surface area contributed by atoms with Gasteiger partial charge in [0.2, 0.25) is 0 Å². The molecule has 0 fully saturated rings. The fraction of sp³-hybridized carbons (Fsp3) is 0.538. The minimum atomic E-state index is 0.450. The average Bonchev–Trinajstić information content (AvgIpc) is 2.74. The van der Waals surface area contributed by atoms with Crippen molar-refractivity contribution in [1.29, 1.82) is 0 Å². The molecular weight excluding hydrogens is 212 g/mol. The van der Waals surface area contributed by atoms with Crippen LogP contribution in [0.3, 0.4) is 0 Å². The molecule has 1 unspecified atom stereocenters. The zero-order valence-electron chi connectivity index (χ0n) is 10.6. The summed E-state index contributed by atoms with van der Waals surface area (Å²) in [6.07, 6.45) is 5.80. The number of imidazole rings is 1. The molecule has 0 aliphatic heterocycles. The number of fused-ring (bicyclic) bond motifs is 1. The Morgan fingerprint density at radius 2 is 2.29 bits per heavy atom. The van der Waals surface area contributed by atoms with E-state index in [4.69, 9.17) is 10.7 Å². The van der Waals surface area contributed by atoms with Crippen molar-refractivity contribution >= 4 is 11.0 Å². The number of aryl methyl sites for hydroxylation is 1. The zero-order chi connectivity index (χ0) is 12.3. The molecule has 2 heterocycles. The third-order valence-corrected chi connectivity index (χ3v) is 3.18. The lowest BCUT2D eigenvalue weighted by atomic mass is 10.1. The second kappa shape index (κ2) is 5.27. The van der Waals surface area contributed by atoms with E-state index in [2.05, 4.69) is 23.4 Å². The van der Waals surface area contributed by atoms with Crippen LogP contribution in [-0.4, -0.2) is 21.1 Å². The molecule has 0 bridgehead atoms. The zero-order valence-corrected chi connectivity index (χ0v) is 10.6. The molecule has 2 aromatic heterocycles. The number of nitrogens with zero attached hydrogens (tertiary/aromatic N) is 3. The standard InChI is InChI=1S/C13H20N4/c1-3-17-12-6-8-15-9-11(12)16-13(17)10(2)5-4-7-14/h6,8-10H,3-5,7,14H2,1-2H3. The van der Waals surface area contributed by atoms with E-state index in [0.717, 1.165) is 37.3 Å². The van der Waals surface area contributed by atoms with Crippen LogP contribution < -0.4 is 5.73 Å². The predicted molar refractivity (Wildman–Crippen MR) is 69.9 cm³/mol. The Balaban J connectivity index is 2.38. The van der Waals surface area contributed by atoms with Crippen LogP contribution in [0.25, 0.3) is 11.0 Å². The highest BCUT2D eigenvalue weighted by atomic mass is 15.1. The highest BCUT2D eigenvalue weighted by Gasteiger charge is 2.15. The summed E-state index contributed by atoms with van der Waals surface area (Å²) in [4.78, 5) is 8.82. The van der Waals surface area contributed by atoms with Crippen molar-refractivity contribution < 1.29 is 0 Å². The van der Waals surface area contributed by atoms with Crippen LogP contribution in [0.4, 0.5) is 0 Å². The van der Waals surface area contributed by atoms with Gasteiger partial charge in [-0.15, -0.1) is 0 Å². The lowest BCUT2D eigenvalue weighted by molar-refractivity contribution is 0.574. The van der Waals surface area contributed by atoms with Gasteiger partial charge in [-0.25, -0.2) is 4.98 Å². The Morgan fingerprint density at radius 3 is 3.00 bits per heavy atom. The minimum Gasteiger partial charge on any atom is -0.330 e. The summed E-state index contributed by atoms with van der Waals surface area (Å²) in [5.41, 5.74) is 7.73. The Hall–Kier alpha value is -1.42. The molecule has 4 nitrogen and oxygen atoms in total. The average molecular weight is 232 g/mol. The Bertz CT molecular complexity index is 489. The lowest BCUT2D eigenvalue weighted by Gasteiger charge is -2.12. The predicted octanol–water partition coefficient (Wildman–Crippen LogP) is 2.29. The maximum atomic E-state index is 5.56. The highest BCUT2D eigenvalue weighted by molar-refractivity contribution is 5.74. The topological polar surface area (TPSA) is 56.7 Å². The summed E-state index contributed by atoms with van der Waals surface area (Å²) in [5, 5.41) is 0.